The maximum atomic E-state index is 13.2. The second-order valence-electron chi connectivity index (χ2n) is 4.19. The molecule has 6 heteroatoms. The number of amides is 1. The molecule has 1 aromatic rings. The summed E-state index contributed by atoms with van der Waals surface area (Å²) in [6.07, 6.45) is -0.304. The monoisotopic (exact) mass is 302 g/mol. The Morgan fingerprint density at radius 2 is 1.90 bits per heavy atom. The van der Waals surface area contributed by atoms with E-state index in [1.807, 2.05) is 0 Å². The lowest BCUT2D eigenvalue weighted by atomic mass is 10.2. The van der Waals surface area contributed by atoms with Gasteiger partial charge in [-0.05, 0) is 32.1 Å². The predicted octanol–water partition coefficient (Wildman–Crippen LogP) is 3.09. The van der Waals surface area contributed by atoms with Crippen LogP contribution in [0, 0.1) is 5.82 Å². The number of rotatable bonds is 3. The fraction of sp³-hybridized carbons (Fsp3) is 0.429. The Hall–Kier alpha value is -1.56. The Balaban J connectivity index is 0.000000796. The zero-order valence-corrected chi connectivity index (χ0v) is 12.7. The number of carbonyl (C=O) groups is 1. The van der Waals surface area contributed by atoms with Crippen LogP contribution in [0.5, 0.6) is 0 Å². The molecule has 0 radical (unpaired) electrons. The quantitative estimate of drug-likeness (QED) is 0.843. The SMILES string of the molecule is CC(C)F.CCC(=O)NC(=S)NCc1ccccc1F. The Bertz CT molecular complexity index is 436. The first kappa shape index (κ1) is 18.4. The summed E-state index contributed by atoms with van der Waals surface area (Å²) >= 11 is 4.87. The number of halogens is 2. The topological polar surface area (TPSA) is 41.1 Å². The van der Waals surface area contributed by atoms with Crippen molar-refractivity contribution in [3.63, 3.8) is 0 Å². The van der Waals surface area contributed by atoms with Gasteiger partial charge in [-0.15, -0.1) is 0 Å². The fourth-order valence-corrected chi connectivity index (χ4v) is 1.26. The molecule has 3 nitrogen and oxygen atoms in total. The minimum Gasteiger partial charge on any atom is -0.358 e. The Labute approximate surface area is 123 Å². The first-order valence-corrected chi connectivity index (χ1v) is 6.72. The number of hydrogen-bond donors (Lipinski definition) is 2. The Morgan fingerprint density at radius 3 is 2.40 bits per heavy atom. The summed E-state index contributed by atoms with van der Waals surface area (Å²) in [6.45, 7) is 4.99. The maximum Gasteiger partial charge on any atom is 0.225 e. The minimum absolute atomic E-state index is 0.161. The third-order valence-corrected chi connectivity index (χ3v) is 2.22. The molecular formula is C14H20F2N2OS. The maximum absolute atomic E-state index is 13.2. The highest BCUT2D eigenvalue weighted by Crippen LogP contribution is 2.05. The molecule has 20 heavy (non-hydrogen) atoms. The van der Waals surface area contributed by atoms with Gasteiger partial charge in [-0.25, -0.2) is 8.78 Å². The summed E-state index contributed by atoms with van der Waals surface area (Å²) in [4.78, 5) is 11.0. The van der Waals surface area contributed by atoms with E-state index in [-0.39, 0.29) is 23.4 Å². The van der Waals surface area contributed by atoms with E-state index in [0.29, 0.717) is 12.0 Å². The molecule has 0 aliphatic heterocycles. The van der Waals surface area contributed by atoms with Crippen LogP contribution in [0.3, 0.4) is 0 Å². The molecule has 0 saturated heterocycles. The highest BCUT2D eigenvalue weighted by Gasteiger charge is 2.03. The molecule has 0 aromatic heterocycles. The summed E-state index contributed by atoms with van der Waals surface area (Å²) in [5, 5.41) is 5.46. The summed E-state index contributed by atoms with van der Waals surface area (Å²) < 4.78 is 24.2. The van der Waals surface area contributed by atoms with E-state index in [0.717, 1.165) is 0 Å². The van der Waals surface area contributed by atoms with E-state index < -0.39 is 6.17 Å². The molecule has 1 rings (SSSR count). The first-order chi connectivity index (χ1) is 9.36. The molecule has 0 heterocycles. The lowest BCUT2D eigenvalue weighted by molar-refractivity contribution is -0.119. The van der Waals surface area contributed by atoms with Crippen LogP contribution in [0.2, 0.25) is 0 Å². The van der Waals surface area contributed by atoms with E-state index in [9.17, 15) is 13.6 Å². The lowest BCUT2D eigenvalue weighted by Gasteiger charge is -2.09. The first-order valence-electron chi connectivity index (χ1n) is 6.32. The summed E-state index contributed by atoms with van der Waals surface area (Å²) in [7, 11) is 0. The van der Waals surface area contributed by atoms with E-state index in [4.69, 9.17) is 12.2 Å². The zero-order chi connectivity index (χ0) is 15.5. The molecule has 0 fully saturated rings. The average Bonchev–Trinajstić information content (AvgIpc) is 2.37. The van der Waals surface area contributed by atoms with Gasteiger partial charge in [0, 0.05) is 18.5 Å². The molecule has 0 atom stereocenters. The van der Waals surface area contributed by atoms with Crippen molar-refractivity contribution in [3.8, 4) is 0 Å². The minimum atomic E-state index is -0.667. The van der Waals surface area contributed by atoms with Gasteiger partial charge in [0.2, 0.25) is 5.91 Å². The zero-order valence-electron chi connectivity index (χ0n) is 11.9. The summed E-state index contributed by atoms with van der Waals surface area (Å²) in [5.41, 5.74) is 0.510. The van der Waals surface area contributed by atoms with Gasteiger partial charge in [0.05, 0.1) is 6.17 Å². The lowest BCUT2D eigenvalue weighted by Crippen LogP contribution is -2.38. The van der Waals surface area contributed by atoms with Crippen molar-refractivity contribution in [2.24, 2.45) is 0 Å². The third kappa shape index (κ3) is 9.38. The van der Waals surface area contributed by atoms with Crippen molar-refractivity contribution in [1.82, 2.24) is 10.6 Å². The molecule has 0 spiro atoms. The van der Waals surface area contributed by atoms with E-state index in [1.54, 1.807) is 25.1 Å². The largest absolute Gasteiger partial charge is 0.358 e. The Morgan fingerprint density at radius 1 is 1.35 bits per heavy atom. The number of thiocarbonyl (C=S) groups is 1. The van der Waals surface area contributed by atoms with Gasteiger partial charge in [0.15, 0.2) is 5.11 Å². The van der Waals surface area contributed by atoms with Crippen molar-refractivity contribution in [3.05, 3.63) is 35.6 Å². The summed E-state index contributed by atoms with van der Waals surface area (Å²) in [6, 6.07) is 6.40. The number of hydrogen-bond acceptors (Lipinski definition) is 2. The number of nitrogens with one attached hydrogen (secondary N) is 2. The van der Waals surface area contributed by atoms with Gasteiger partial charge in [-0.3, -0.25) is 4.79 Å². The third-order valence-electron chi connectivity index (χ3n) is 1.97. The van der Waals surface area contributed by atoms with E-state index >= 15 is 0 Å². The standard InChI is InChI=1S/C11H13FN2OS.C3H7F/c1-2-10(15)14-11(16)13-7-8-5-3-4-6-9(8)12;1-3(2)4/h3-6H,2,7H2,1H3,(H2,13,14,15,16);3H,1-2H3. The Kier molecular flexibility index (Phi) is 9.45. The normalized spacial score (nSPS) is 9.50. The van der Waals surface area contributed by atoms with Crippen LogP contribution in [-0.4, -0.2) is 17.2 Å². The average molecular weight is 302 g/mol. The van der Waals surface area contributed by atoms with Crippen LogP contribution in [-0.2, 0) is 11.3 Å². The van der Waals surface area contributed by atoms with Crippen molar-refractivity contribution in [2.45, 2.75) is 39.9 Å². The van der Waals surface area contributed by atoms with Crippen LogP contribution < -0.4 is 10.6 Å². The van der Waals surface area contributed by atoms with E-state index in [2.05, 4.69) is 10.6 Å². The smallest absolute Gasteiger partial charge is 0.225 e. The highest BCUT2D eigenvalue weighted by molar-refractivity contribution is 7.80. The summed E-state index contributed by atoms with van der Waals surface area (Å²) in [5.74, 6) is -0.453. The molecule has 1 amide bonds. The van der Waals surface area contributed by atoms with Crippen LogP contribution in [0.1, 0.15) is 32.8 Å². The van der Waals surface area contributed by atoms with Gasteiger partial charge >= 0.3 is 0 Å². The van der Waals surface area contributed by atoms with Crippen LogP contribution in [0.15, 0.2) is 24.3 Å². The molecule has 2 N–H and O–H groups in total. The molecule has 0 saturated carbocycles. The molecule has 0 aliphatic rings. The fourth-order valence-electron chi connectivity index (χ4n) is 1.08. The van der Waals surface area contributed by atoms with Gasteiger partial charge in [0.1, 0.15) is 5.82 Å². The molecule has 1 aromatic carbocycles. The van der Waals surface area contributed by atoms with Gasteiger partial charge in [-0.1, -0.05) is 25.1 Å². The second kappa shape index (κ2) is 10.3. The molecule has 0 aliphatic carbocycles. The van der Waals surface area contributed by atoms with Crippen LogP contribution in [0.25, 0.3) is 0 Å². The van der Waals surface area contributed by atoms with Crippen LogP contribution >= 0.6 is 12.2 Å². The van der Waals surface area contributed by atoms with Crippen molar-refractivity contribution < 1.29 is 13.6 Å². The predicted molar refractivity (Wildman–Crippen MR) is 80.5 cm³/mol. The van der Waals surface area contributed by atoms with Gasteiger partial charge in [-0.2, -0.15) is 0 Å². The van der Waals surface area contributed by atoms with Crippen molar-refractivity contribution in [2.75, 3.05) is 0 Å². The molecular weight excluding hydrogens is 282 g/mol. The van der Waals surface area contributed by atoms with Gasteiger partial charge < -0.3 is 10.6 Å². The van der Waals surface area contributed by atoms with Crippen LogP contribution in [0.4, 0.5) is 8.78 Å². The number of carbonyl (C=O) groups excluding carboxylic acids is 1. The number of benzene rings is 1. The molecule has 0 bridgehead atoms. The number of alkyl halides is 1. The van der Waals surface area contributed by atoms with Crippen molar-refractivity contribution in [1.29, 1.82) is 0 Å². The van der Waals surface area contributed by atoms with Gasteiger partial charge in [0.25, 0.3) is 0 Å². The second-order valence-corrected chi connectivity index (χ2v) is 4.60. The molecule has 112 valence electrons. The van der Waals surface area contributed by atoms with E-state index in [1.165, 1.54) is 19.9 Å². The highest BCUT2D eigenvalue weighted by atomic mass is 32.1. The van der Waals surface area contributed by atoms with Crippen molar-refractivity contribution >= 4 is 23.2 Å². The molecule has 0 unspecified atom stereocenters.